The molecular formula is C37H45N9O4. The van der Waals surface area contributed by atoms with Gasteiger partial charge in [0, 0.05) is 96.3 Å². The number of imide groups is 1. The summed E-state index contributed by atoms with van der Waals surface area (Å²) in [6.45, 7) is 7.64. The Morgan fingerprint density at radius 3 is 2.46 bits per heavy atom. The summed E-state index contributed by atoms with van der Waals surface area (Å²) in [6.07, 6.45) is 7.06. The molecule has 5 aromatic rings. The first-order valence-electron chi connectivity index (χ1n) is 17.5. The van der Waals surface area contributed by atoms with Gasteiger partial charge in [-0.1, -0.05) is 30.3 Å². The maximum atomic E-state index is 13.1. The summed E-state index contributed by atoms with van der Waals surface area (Å²) >= 11 is 0. The van der Waals surface area contributed by atoms with Crippen molar-refractivity contribution >= 4 is 39.8 Å². The van der Waals surface area contributed by atoms with Crippen LogP contribution in [0.25, 0.3) is 33.2 Å². The highest BCUT2D eigenvalue weighted by atomic mass is 16.5. The number of H-pyrrole nitrogens is 1. The van der Waals surface area contributed by atoms with Gasteiger partial charge in [0.1, 0.15) is 11.7 Å². The molecule has 2 fully saturated rings. The minimum absolute atomic E-state index is 0.205. The second kappa shape index (κ2) is 14.6. The third-order valence-corrected chi connectivity index (χ3v) is 10.2. The fourth-order valence-electron chi connectivity index (χ4n) is 7.25. The minimum atomic E-state index is -0.656. The first-order chi connectivity index (χ1) is 24.3. The number of carbonyl (C=O) groups is 2. The Morgan fingerprint density at radius 1 is 0.920 bits per heavy atom. The number of hydrogen-bond donors (Lipinski definition) is 2. The molecule has 2 saturated heterocycles. The number of ether oxygens (including phenoxy) is 1. The Hall–Kier alpha value is -4.85. The van der Waals surface area contributed by atoms with E-state index in [1.165, 1.54) is 12.6 Å². The van der Waals surface area contributed by atoms with E-state index in [-0.39, 0.29) is 29.9 Å². The Morgan fingerprint density at radius 2 is 1.66 bits per heavy atom. The zero-order valence-corrected chi connectivity index (χ0v) is 28.8. The number of carbonyl (C=O) groups excluding carboxylic acids is 2. The number of nitrogens with zero attached hydrogens (tertiary/aromatic N) is 7. The van der Waals surface area contributed by atoms with Gasteiger partial charge in [-0.25, -0.2) is 9.78 Å². The molecule has 2 aromatic carbocycles. The van der Waals surface area contributed by atoms with Gasteiger partial charge >= 0.3 is 5.69 Å². The van der Waals surface area contributed by atoms with Gasteiger partial charge in [-0.3, -0.25) is 28.5 Å². The van der Waals surface area contributed by atoms with Crippen LogP contribution in [0.4, 0.5) is 5.95 Å². The van der Waals surface area contributed by atoms with Crippen LogP contribution in [-0.4, -0.2) is 104 Å². The number of hydrogen-bond acceptors (Lipinski definition) is 9. The number of amides is 2. The number of aryl methyl sites for hydroxylation is 2. The number of aromatic nitrogens is 5. The molecule has 0 saturated carbocycles. The average molecular weight is 680 g/mol. The van der Waals surface area contributed by atoms with Crippen molar-refractivity contribution in [2.24, 2.45) is 7.05 Å². The number of likely N-dealkylation sites (tertiary alicyclic amines) is 1. The zero-order valence-electron chi connectivity index (χ0n) is 28.8. The van der Waals surface area contributed by atoms with Crippen LogP contribution in [0.1, 0.15) is 42.9 Å². The maximum Gasteiger partial charge on any atom is 0.329 e. The molecule has 262 valence electrons. The van der Waals surface area contributed by atoms with Crippen molar-refractivity contribution in [1.29, 1.82) is 0 Å². The van der Waals surface area contributed by atoms with Crippen LogP contribution in [-0.2, 0) is 34.3 Å². The molecule has 50 heavy (non-hydrogen) atoms. The van der Waals surface area contributed by atoms with Crippen LogP contribution >= 0.6 is 0 Å². The SMILES string of the molecule is CN1C(=O)CCC(n2c(=O)n(C)c3cc(CCCOCCCN4CCN(Cc5ccc(-c6c[nH]c7nc(N)ncc67)cc5)CC4)ccc32)C1=O. The molecule has 3 N–H and O–H groups in total. The zero-order chi connectivity index (χ0) is 34.8. The topological polar surface area (TPSA) is 148 Å². The van der Waals surface area contributed by atoms with Gasteiger partial charge in [0.2, 0.25) is 11.9 Å². The van der Waals surface area contributed by atoms with Gasteiger partial charge in [-0.15, -0.1) is 0 Å². The van der Waals surface area contributed by atoms with Crippen molar-refractivity contribution in [2.75, 3.05) is 58.7 Å². The second-order valence-corrected chi connectivity index (χ2v) is 13.5. The lowest BCUT2D eigenvalue weighted by Crippen LogP contribution is -2.46. The molecule has 7 rings (SSSR count). The number of nitrogens with one attached hydrogen (secondary N) is 1. The number of piperazine rings is 1. The normalized spacial score (nSPS) is 17.8. The van der Waals surface area contributed by atoms with Crippen molar-refractivity contribution < 1.29 is 14.3 Å². The minimum Gasteiger partial charge on any atom is -0.381 e. The highest BCUT2D eigenvalue weighted by molar-refractivity contribution is 6.00. The van der Waals surface area contributed by atoms with Crippen LogP contribution in [0.2, 0.25) is 0 Å². The Labute approximate surface area is 290 Å². The van der Waals surface area contributed by atoms with Crippen LogP contribution < -0.4 is 11.4 Å². The molecule has 0 spiro atoms. The first-order valence-corrected chi connectivity index (χ1v) is 17.5. The van der Waals surface area contributed by atoms with Gasteiger partial charge in [0.05, 0.1) is 11.0 Å². The standard InChI is InChI=1S/C37H45N9O4/c1-42-32-21-25(8-11-30(32)46(37(42)49)31-12-13-33(47)43(2)35(31)48)5-3-19-50-20-4-14-44-15-17-45(18-16-44)24-26-6-9-27(10-7-26)28-22-39-34-29(28)23-40-36(38)41-34/h6-11,21-23,31H,3-5,12-20,24H2,1-2H3,(H3,38,39,40,41). The number of anilines is 1. The highest BCUT2D eigenvalue weighted by Crippen LogP contribution is 2.29. The van der Waals surface area contributed by atoms with Crippen molar-refractivity contribution in [3.63, 3.8) is 0 Å². The van der Waals surface area contributed by atoms with Crippen LogP contribution in [0.5, 0.6) is 0 Å². The number of likely N-dealkylation sites (N-methyl/N-ethyl adjacent to an activating group) is 1. The number of piperidine rings is 1. The number of benzene rings is 2. The first kappa shape index (κ1) is 33.6. The molecule has 13 heteroatoms. The van der Waals surface area contributed by atoms with E-state index in [2.05, 4.69) is 49.0 Å². The number of rotatable bonds is 12. The number of aromatic amines is 1. The van der Waals surface area contributed by atoms with E-state index < -0.39 is 6.04 Å². The van der Waals surface area contributed by atoms with Crippen molar-refractivity contribution in [2.45, 2.75) is 44.7 Å². The summed E-state index contributed by atoms with van der Waals surface area (Å²) < 4.78 is 9.12. The molecule has 2 amide bonds. The van der Waals surface area contributed by atoms with Crippen molar-refractivity contribution in [3.05, 3.63) is 76.5 Å². The van der Waals surface area contributed by atoms with Crippen LogP contribution in [0, 0.1) is 0 Å². The van der Waals surface area contributed by atoms with E-state index in [1.807, 2.05) is 24.4 Å². The molecule has 5 heterocycles. The van der Waals surface area contributed by atoms with Crippen LogP contribution in [0.15, 0.2) is 59.7 Å². The van der Waals surface area contributed by atoms with E-state index >= 15 is 0 Å². The van der Waals surface area contributed by atoms with E-state index in [1.54, 1.807) is 22.4 Å². The maximum absolute atomic E-state index is 13.1. The number of nitrogens with two attached hydrogens (primary N) is 1. The van der Waals surface area contributed by atoms with E-state index in [0.717, 1.165) is 109 Å². The molecule has 3 aromatic heterocycles. The summed E-state index contributed by atoms with van der Waals surface area (Å²) in [5.74, 6) is -0.268. The number of nitrogen functional groups attached to an aromatic ring is 1. The summed E-state index contributed by atoms with van der Waals surface area (Å²) in [4.78, 5) is 55.7. The van der Waals surface area contributed by atoms with Gasteiger partial charge in [0.15, 0.2) is 0 Å². The molecule has 2 aliphatic heterocycles. The summed E-state index contributed by atoms with van der Waals surface area (Å²) in [7, 11) is 3.22. The molecule has 13 nitrogen and oxygen atoms in total. The Kier molecular flexibility index (Phi) is 9.79. The van der Waals surface area contributed by atoms with Crippen molar-refractivity contribution in [3.8, 4) is 11.1 Å². The van der Waals surface area contributed by atoms with Gasteiger partial charge in [-0.2, -0.15) is 4.98 Å². The smallest absolute Gasteiger partial charge is 0.329 e. The van der Waals surface area contributed by atoms with E-state index in [0.29, 0.717) is 13.0 Å². The lowest BCUT2D eigenvalue weighted by molar-refractivity contribution is -0.149. The summed E-state index contributed by atoms with van der Waals surface area (Å²) in [6, 6.07) is 14.1. The van der Waals surface area contributed by atoms with Gasteiger partial charge < -0.3 is 20.4 Å². The fraction of sp³-hybridized carbons (Fsp3) is 0.432. The largest absolute Gasteiger partial charge is 0.381 e. The third kappa shape index (κ3) is 6.93. The molecule has 2 aliphatic rings. The molecule has 0 aliphatic carbocycles. The van der Waals surface area contributed by atoms with Crippen molar-refractivity contribution in [1.82, 2.24) is 38.8 Å². The second-order valence-electron chi connectivity index (χ2n) is 13.5. The Bertz CT molecular complexity index is 2060. The molecule has 0 radical (unpaired) electrons. The molecule has 1 atom stereocenters. The third-order valence-electron chi connectivity index (χ3n) is 10.2. The highest BCUT2D eigenvalue weighted by Gasteiger charge is 2.35. The van der Waals surface area contributed by atoms with E-state index in [4.69, 9.17) is 10.5 Å². The van der Waals surface area contributed by atoms with Gasteiger partial charge in [-0.05, 0) is 54.5 Å². The fourth-order valence-corrected chi connectivity index (χ4v) is 7.25. The number of imidazole rings is 1. The summed E-state index contributed by atoms with van der Waals surface area (Å²) in [5.41, 5.74) is 12.4. The lowest BCUT2D eigenvalue weighted by Gasteiger charge is -2.34. The predicted octanol–water partition coefficient (Wildman–Crippen LogP) is 3.34. The Balaban J connectivity index is 0.803. The molecule has 1 unspecified atom stereocenters. The van der Waals surface area contributed by atoms with Gasteiger partial charge in [0.25, 0.3) is 5.91 Å². The van der Waals surface area contributed by atoms with Crippen LogP contribution in [0.3, 0.4) is 0 Å². The molecule has 0 bridgehead atoms. The number of fused-ring (bicyclic) bond motifs is 2. The summed E-state index contributed by atoms with van der Waals surface area (Å²) in [5, 5.41) is 0.967. The molecular weight excluding hydrogens is 634 g/mol. The monoisotopic (exact) mass is 679 g/mol. The van der Waals surface area contributed by atoms with E-state index in [9.17, 15) is 14.4 Å². The quantitative estimate of drug-likeness (QED) is 0.150. The lowest BCUT2D eigenvalue weighted by atomic mass is 10.0. The predicted molar refractivity (Wildman–Crippen MR) is 192 cm³/mol. The average Bonchev–Trinajstić information content (AvgIpc) is 3.65.